The first-order chi connectivity index (χ1) is 10.9. The largest absolute Gasteiger partial charge is 0.489 e. The molecule has 0 aliphatic heterocycles. The number of rotatable bonds is 8. The molecular weight excluding hydrogens is 289 g/mol. The van der Waals surface area contributed by atoms with Gasteiger partial charge in [0, 0.05) is 12.6 Å². The number of halogens is 1. The molecule has 0 fully saturated rings. The molecule has 3 heteroatoms. The highest BCUT2D eigenvalue weighted by molar-refractivity contribution is 5.29. The lowest BCUT2D eigenvalue weighted by atomic mass is 10.1. The summed E-state index contributed by atoms with van der Waals surface area (Å²) in [7, 11) is 0. The number of alkyl halides is 1. The first-order valence-electron chi connectivity index (χ1n) is 8.10. The van der Waals surface area contributed by atoms with Crippen molar-refractivity contribution in [2.24, 2.45) is 0 Å². The van der Waals surface area contributed by atoms with Crippen LogP contribution in [0.25, 0.3) is 0 Å². The standard InChI is InChI=1S/C20H26FNO/c1-16(22-15-20(2,3)21)12-18-10-7-11-19(13-18)23-14-17-8-5-4-6-9-17/h4-11,13,16,22H,12,14-15H2,1-3H3. The minimum absolute atomic E-state index is 0.217. The van der Waals surface area contributed by atoms with Gasteiger partial charge in [0.1, 0.15) is 18.0 Å². The van der Waals surface area contributed by atoms with Crippen LogP contribution in [0.3, 0.4) is 0 Å². The van der Waals surface area contributed by atoms with Gasteiger partial charge in [0.15, 0.2) is 0 Å². The van der Waals surface area contributed by atoms with Gasteiger partial charge in [-0.25, -0.2) is 4.39 Å². The molecule has 2 nitrogen and oxygen atoms in total. The number of hydrogen-bond acceptors (Lipinski definition) is 2. The molecule has 0 heterocycles. The third kappa shape index (κ3) is 6.83. The van der Waals surface area contributed by atoms with E-state index >= 15 is 0 Å². The van der Waals surface area contributed by atoms with Crippen LogP contribution in [0.2, 0.25) is 0 Å². The molecule has 0 aromatic heterocycles. The van der Waals surface area contributed by atoms with Crippen molar-refractivity contribution in [3.05, 3.63) is 65.7 Å². The Kier molecular flexibility index (Phi) is 6.17. The van der Waals surface area contributed by atoms with Crippen LogP contribution in [-0.2, 0) is 13.0 Å². The Balaban J connectivity index is 1.86. The zero-order valence-corrected chi connectivity index (χ0v) is 14.2. The zero-order valence-electron chi connectivity index (χ0n) is 14.2. The highest BCUT2D eigenvalue weighted by atomic mass is 19.1. The molecule has 1 unspecified atom stereocenters. The molecule has 0 spiro atoms. The maximum Gasteiger partial charge on any atom is 0.120 e. The first-order valence-corrected chi connectivity index (χ1v) is 8.10. The second-order valence-electron chi connectivity index (χ2n) is 6.63. The van der Waals surface area contributed by atoms with Gasteiger partial charge in [-0.2, -0.15) is 0 Å². The van der Waals surface area contributed by atoms with Gasteiger partial charge in [0.25, 0.3) is 0 Å². The Morgan fingerprint density at radius 2 is 1.74 bits per heavy atom. The third-order valence-corrected chi connectivity index (χ3v) is 3.56. The van der Waals surface area contributed by atoms with Crippen LogP contribution in [-0.4, -0.2) is 18.3 Å². The quantitative estimate of drug-likeness (QED) is 0.772. The van der Waals surface area contributed by atoms with E-state index < -0.39 is 5.67 Å². The van der Waals surface area contributed by atoms with Crippen LogP contribution >= 0.6 is 0 Å². The molecule has 0 aliphatic carbocycles. The van der Waals surface area contributed by atoms with Gasteiger partial charge in [-0.3, -0.25) is 0 Å². The Hall–Kier alpha value is -1.87. The first kappa shape index (κ1) is 17.5. The summed E-state index contributed by atoms with van der Waals surface area (Å²) in [6, 6.07) is 18.4. The molecule has 0 saturated heterocycles. The van der Waals surface area contributed by atoms with Crippen molar-refractivity contribution in [2.75, 3.05) is 6.54 Å². The predicted molar refractivity (Wildman–Crippen MR) is 93.6 cm³/mol. The van der Waals surface area contributed by atoms with Gasteiger partial charge in [0.05, 0.1) is 0 Å². The van der Waals surface area contributed by atoms with E-state index in [1.807, 2.05) is 30.3 Å². The van der Waals surface area contributed by atoms with E-state index in [0.29, 0.717) is 13.2 Å². The number of nitrogens with one attached hydrogen (secondary N) is 1. The minimum Gasteiger partial charge on any atom is -0.489 e. The highest BCUT2D eigenvalue weighted by Crippen LogP contribution is 2.17. The summed E-state index contributed by atoms with van der Waals surface area (Å²) in [5.41, 5.74) is 1.15. The van der Waals surface area contributed by atoms with Crippen LogP contribution < -0.4 is 10.1 Å². The van der Waals surface area contributed by atoms with Crippen LogP contribution in [0.5, 0.6) is 5.75 Å². The lowest BCUT2D eigenvalue weighted by molar-refractivity contribution is 0.204. The second kappa shape index (κ2) is 8.11. The van der Waals surface area contributed by atoms with E-state index in [-0.39, 0.29) is 6.04 Å². The molecule has 1 atom stereocenters. The van der Waals surface area contributed by atoms with E-state index in [0.717, 1.165) is 17.7 Å². The number of hydrogen-bond donors (Lipinski definition) is 1. The topological polar surface area (TPSA) is 21.3 Å². The molecule has 0 radical (unpaired) electrons. The maximum absolute atomic E-state index is 13.5. The van der Waals surface area contributed by atoms with E-state index in [1.165, 1.54) is 5.56 Å². The van der Waals surface area contributed by atoms with Crippen molar-refractivity contribution in [1.82, 2.24) is 5.32 Å². The summed E-state index contributed by atoms with van der Waals surface area (Å²) in [5.74, 6) is 0.865. The van der Waals surface area contributed by atoms with Gasteiger partial charge in [-0.1, -0.05) is 42.5 Å². The summed E-state index contributed by atoms with van der Waals surface area (Å²) in [6.45, 7) is 6.17. The van der Waals surface area contributed by atoms with E-state index in [9.17, 15) is 4.39 Å². The van der Waals surface area contributed by atoms with Crippen molar-refractivity contribution >= 4 is 0 Å². The fourth-order valence-corrected chi connectivity index (χ4v) is 2.35. The minimum atomic E-state index is -1.19. The summed E-state index contributed by atoms with van der Waals surface area (Å²) in [5, 5.41) is 3.23. The van der Waals surface area contributed by atoms with Crippen LogP contribution in [0.1, 0.15) is 31.9 Å². The van der Waals surface area contributed by atoms with Crippen molar-refractivity contribution in [2.45, 2.75) is 45.5 Å². The lowest BCUT2D eigenvalue weighted by Gasteiger charge is -2.20. The van der Waals surface area contributed by atoms with Crippen molar-refractivity contribution in [3.63, 3.8) is 0 Å². The molecule has 0 amide bonds. The fraction of sp³-hybridized carbons (Fsp3) is 0.400. The Bertz CT molecular complexity index is 592. The van der Waals surface area contributed by atoms with Gasteiger partial charge >= 0.3 is 0 Å². The molecule has 1 N–H and O–H groups in total. The number of benzene rings is 2. The Labute approximate surface area is 138 Å². The zero-order chi connectivity index (χ0) is 16.7. The number of ether oxygens (including phenoxy) is 1. The smallest absolute Gasteiger partial charge is 0.120 e. The molecule has 2 aromatic rings. The van der Waals surface area contributed by atoms with Crippen molar-refractivity contribution in [3.8, 4) is 5.75 Å². The van der Waals surface area contributed by atoms with E-state index in [2.05, 4.69) is 36.5 Å². The SMILES string of the molecule is CC(Cc1cccc(OCc2ccccc2)c1)NCC(C)(C)F. The van der Waals surface area contributed by atoms with Gasteiger partial charge < -0.3 is 10.1 Å². The summed E-state index contributed by atoms with van der Waals surface area (Å²) >= 11 is 0. The van der Waals surface area contributed by atoms with Crippen LogP contribution in [0, 0.1) is 0 Å². The second-order valence-corrected chi connectivity index (χ2v) is 6.63. The third-order valence-electron chi connectivity index (χ3n) is 3.56. The molecule has 0 saturated carbocycles. The predicted octanol–water partition coefficient (Wildman–Crippen LogP) is 4.53. The Morgan fingerprint density at radius 3 is 2.43 bits per heavy atom. The molecule has 0 aliphatic rings. The molecule has 23 heavy (non-hydrogen) atoms. The molecule has 2 aromatic carbocycles. The fourth-order valence-electron chi connectivity index (χ4n) is 2.35. The van der Waals surface area contributed by atoms with Gasteiger partial charge in [0.2, 0.25) is 0 Å². The lowest BCUT2D eigenvalue weighted by Crippen LogP contribution is -2.37. The summed E-state index contributed by atoms with van der Waals surface area (Å²) in [4.78, 5) is 0. The molecular formula is C20H26FNO. The molecule has 2 rings (SSSR count). The highest BCUT2D eigenvalue weighted by Gasteiger charge is 2.16. The monoisotopic (exact) mass is 315 g/mol. The normalized spacial score (nSPS) is 12.9. The average molecular weight is 315 g/mol. The van der Waals surface area contributed by atoms with Crippen LogP contribution in [0.4, 0.5) is 4.39 Å². The molecule has 0 bridgehead atoms. The van der Waals surface area contributed by atoms with Gasteiger partial charge in [-0.05, 0) is 50.5 Å². The molecule has 124 valence electrons. The van der Waals surface area contributed by atoms with E-state index in [4.69, 9.17) is 4.74 Å². The van der Waals surface area contributed by atoms with Gasteiger partial charge in [-0.15, -0.1) is 0 Å². The Morgan fingerprint density at radius 1 is 1.04 bits per heavy atom. The van der Waals surface area contributed by atoms with Crippen LogP contribution in [0.15, 0.2) is 54.6 Å². The van der Waals surface area contributed by atoms with Crippen molar-refractivity contribution < 1.29 is 9.13 Å². The van der Waals surface area contributed by atoms with Crippen molar-refractivity contribution in [1.29, 1.82) is 0 Å². The summed E-state index contributed by atoms with van der Waals surface area (Å²) in [6.07, 6.45) is 0.846. The average Bonchev–Trinajstić information content (AvgIpc) is 2.52. The van der Waals surface area contributed by atoms with E-state index in [1.54, 1.807) is 13.8 Å². The maximum atomic E-state index is 13.5. The summed E-state index contributed by atoms with van der Waals surface area (Å²) < 4.78 is 19.4.